The van der Waals surface area contributed by atoms with Crippen LogP contribution in [0.2, 0.25) is 0 Å². The number of ketones is 1. The Bertz CT molecular complexity index is 5640. The first-order valence-corrected chi connectivity index (χ1v) is 45.3. The number of benzene rings is 5. The third-order valence-corrected chi connectivity index (χ3v) is 23.5. The highest BCUT2D eigenvalue weighted by Crippen LogP contribution is 2.42. The van der Waals surface area contributed by atoms with Gasteiger partial charge in [0.1, 0.15) is 50.7 Å². The summed E-state index contributed by atoms with van der Waals surface area (Å²) in [6.07, 6.45) is 13.5. The van der Waals surface area contributed by atoms with Crippen LogP contribution in [0.15, 0.2) is 190 Å². The molecule has 6 heterocycles. The van der Waals surface area contributed by atoms with E-state index in [-0.39, 0.29) is 108 Å². The molecule has 6 aromatic heterocycles. The third kappa shape index (κ3) is 28.3. The number of halogens is 1. The average Bonchev–Trinajstić information content (AvgIpc) is 1.74. The number of carboxylic acids is 1. The molecule has 0 saturated heterocycles. The first-order chi connectivity index (χ1) is 58.3. The summed E-state index contributed by atoms with van der Waals surface area (Å²) < 4.78 is 90.3. The lowest BCUT2D eigenvalue weighted by molar-refractivity contribution is -0.144. The number of para-hydroxylation sites is 1. The minimum Gasteiger partial charge on any atom is -0.480 e. The number of fused-ring (bicyclic) bond motifs is 2. The SMILES string of the molecule is CCCCNC(=O)C[C@H](NC(=O)[C@H](CC(=O)[C@H](CC(C)C)NC(=O)OC(C)(C)C)Cc1cn(C=O)c2ccccc12)C(=O)O.CSc1cnc(OCCOc2ncnc(NS(=O)(=O)c3ccc(C(C)(C)C)cc3)c2-c2cc3ccccc3s2)nc1.Cc1ccc(-c2c(NS(=O)(=O)c3ccc(C(C)(C)C)cc3)ncnc2OCCOc2ncc(Br)cn2)cc1. The molecule has 0 unspecified atom stereocenters. The van der Waals surface area contributed by atoms with Gasteiger partial charge >= 0.3 is 24.1 Å². The Morgan fingerprint density at radius 2 is 1.16 bits per heavy atom. The van der Waals surface area contributed by atoms with Crippen LogP contribution in [0.1, 0.15) is 137 Å². The van der Waals surface area contributed by atoms with Crippen LogP contribution >= 0.6 is 39.0 Å². The Balaban J connectivity index is 0.000000210. The van der Waals surface area contributed by atoms with Gasteiger partial charge in [-0.3, -0.25) is 33.2 Å². The standard InChI is InChI=1S/C32H46N4O8.C29H29N5O4S3.C27H28BrN5O4S/c1-7-8-13-33-28(39)17-25(30(41)42)34-29(40)21(15-22-18-36(19-37)26-12-10-9-11-23(22)26)16-27(38)24(14-20(2)3)35-31(43)44-32(4,5)6;1-29(2,3)20-9-11-22(12-10-20)41(35,36)34-26-25(24-15-19-7-5-6-8-23(19)40-24)27(33-18-32-26)37-13-14-38-28-30-16-21(39-4)17-31-28;1-18-5-7-19(8-6-18)23-24(33-38(34,35)22-11-9-20(10-12-22)27(2,3)4)31-17-32-25(23)36-13-14-37-26-29-15-21(28)16-30-26/h9-12,18-21,24-25H,7-8,13-17H2,1-6H3,(H,33,39)(H,34,40)(H,35,43)(H,41,42);5-12,15-18H,13-14H2,1-4H3,(H,32,33,34);5-12,15-17H,13-14H2,1-4H3,(H,31,32,33)/t21-,24-,25-;;/m0../s1. The first-order valence-electron chi connectivity index (χ1n) is 39.5. The molecule has 0 aliphatic carbocycles. The molecule has 0 fully saturated rings. The number of anilines is 2. The van der Waals surface area contributed by atoms with E-state index >= 15 is 0 Å². The van der Waals surface area contributed by atoms with E-state index in [9.17, 15) is 50.7 Å². The van der Waals surface area contributed by atoms with Gasteiger partial charge < -0.3 is 44.7 Å². The second kappa shape index (κ2) is 43.5. The highest BCUT2D eigenvalue weighted by molar-refractivity contribution is 9.10. The van der Waals surface area contributed by atoms with Gasteiger partial charge in [0.25, 0.3) is 20.0 Å². The summed E-state index contributed by atoms with van der Waals surface area (Å²) in [4.78, 5) is 112. The summed E-state index contributed by atoms with van der Waals surface area (Å²) in [6, 6.07) is 36.2. The van der Waals surface area contributed by atoms with E-state index in [1.807, 2.05) is 113 Å². The van der Waals surface area contributed by atoms with Crippen molar-refractivity contribution in [3.05, 3.63) is 198 Å². The van der Waals surface area contributed by atoms with E-state index < -0.39 is 79.7 Å². The van der Waals surface area contributed by atoms with Crippen molar-refractivity contribution in [1.82, 2.24) is 60.4 Å². The molecule has 11 aromatic rings. The van der Waals surface area contributed by atoms with Crippen molar-refractivity contribution in [2.24, 2.45) is 11.8 Å². The minimum absolute atomic E-state index is 0.00516. The zero-order valence-corrected chi connectivity index (χ0v) is 75.8. The molecule has 30 nitrogen and oxygen atoms in total. The number of thioether (sulfide) groups is 1. The lowest BCUT2D eigenvalue weighted by Gasteiger charge is -2.25. The molecule has 123 heavy (non-hydrogen) atoms. The minimum atomic E-state index is -3.95. The molecule has 6 N–H and O–H groups in total. The van der Waals surface area contributed by atoms with Crippen molar-refractivity contribution in [2.45, 2.75) is 172 Å². The zero-order valence-electron chi connectivity index (χ0n) is 70.9. The Morgan fingerprint density at radius 3 is 1.68 bits per heavy atom. The van der Waals surface area contributed by atoms with E-state index in [0.717, 1.165) is 53.9 Å². The molecule has 5 aromatic carbocycles. The number of aromatic nitrogens is 9. The number of nitrogens with zero attached hydrogens (tertiary/aromatic N) is 9. The van der Waals surface area contributed by atoms with Crippen molar-refractivity contribution in [3.8, 4) is 45.3 Å². The molecule has 0 spiro atoms. The van der Waals surface area contributed by atoms with Crippen LogP contribution in [-0.2, 0) is 66.0 Å². The summed E-state index contributed by atoms with van der Waals surface area (Å²) in [5, 5.41) is 19.2. The van der Waals surface area contributed by atoms with Crippen LogP contribution in [0.4, 0.5) is 16.4 Å². The number of nitrogens with one attached hydrogen (secondary N) is 5. The van der Waals surface area contributed by atoms with Crippen LogP contribution in [0, 0.1) is 18.8 Å². The molecular formula is C88H103BrN14O16S4. The number of carbonyl (C=O) groups excluding carboxylic acids is 5. The molecule has 0 radical (unpaired) electrons. The number of ether oxygens (including phenoxy) is 5. The molecule has 3 amide bonds. The number of thiophene rings is 1. The molecule has 35 heteroatoms. The molecule has 0 bridgehead atoms. The van der Waals surface area contributed by atoms with Gasteiger partial charge in [0.2, 0.25) is 30.0 Å². The van der Waals surface area contributed by atoms with Crippen LogP contribution in [-0.4, -0.2) is 159 Å². The smallest absolute Gasteiger partial charge is 0.408 e. The molecule has 0 aliphatic heterocycles. The van der Waals surface area contributed by atoms with E-state index in [1.165, 1.54) is 28.6 Å². The molecular weight excluding hydrogens is 1720 g/mol. The quantitative estimate of drug-likeness (QED) is 0.0121. The lowest BCUT2D eigenvalue weighted by Crippen LogP contribution is -2.48. The van der Waals surface area contributed by atoms with E-state index in [1.54, 1.807) is 112 Å². The largest absolute Gasteiger partial charge is 0.480 e. The summed E-state index contributed by atoms with van der Waals surface area (Å²) >= 11 is 6.32. The second-order valence-electron chi connectivity index (χ2n) is 32.0. The highest BCUT2D eigenvalue weighted by Gasteiger charge is 2.34. The molecule has 3 atom stereocenters. The Labute approximate surface area is 733 Å². The van der Waals surface area contributed by atoms with Gasteiger partial charge in [-0.2, -0.15) is 0 Å². The van der Waals surface area contributed by atoms with Crippen molar-refractivity contribution in [2.75, 3.05) is 48.7 Å². The van der Waals surface area contributed by atoms with E-state index in [0.29, 0.717) is 46.1 Å². The number of aliphatic carboxylic acids is 1. The van der Waals surface area contributed by atoms with Crippen LogP contribution < -0.4 is 44.3 Å². The van der Waals surface area contributed by atoms with E-state index in [2.05, 4.69) is 123 Å². The fourth-order valence-corrected chi connectivity index (χ4v) is 15.9. The normalized spacial score (nSPS) is 12.4. The van der Waals surface area contributed by atoms with Crippen molar-refractivity contribution >= 4 is 128 Å². The highest BCUT2D eigenvalue weighted by atomic mass is 79.9. The number of rotatable bonds is 36. The maximum Gasteiger partial charge on any atom is 0.408 e. The van der Waals surface area contributed by atoms with Crippen molar-refractivity contribution in [1.29, 1.82) is 0 Å². The predicted molar refractivity (Wildman–Crippen MR) is 478 cm³/mol. The lowest BCUT2D eigenvalue weighted by atomic mass is 9.87. The van der Waals surface area contributed by atoms with Gasteiger partial charge in [0.05, 0.1) is 43.4 Å². The van der Waals surface area contributed by atoms with Crippen molar-refractivity contribution in [3.63, 3.8) is 0 Å². The van der Waals surface area contributed by atoms with Crippen LogP contribution in [0.5, 0.6) is 23.8 Å². The fourth-order valence-electron chi connectivity index (χ4n) is 12.2. The number of amides is 3. The summed E-state index contributed by atoms with van der Waals surface area (Å²) in [5.41, 5.74) is 4.91. The Kier molecular flexibility index (Phi) is 33.7. The number of sulfonamides is 2. The van der Waals surface area contributed by atoms with E-state index in [4.69, 9.17) is 23.7 Å². The molecule has 11 rings (SSSR count). The number of carboxylic acid groups (broad SMARTS) is 1. The predicted octanol–water partition coefficient (Wildman–Crippen LogP) is 15.6. The van der Waals surface area contributed by atoms with Gasteiger partial charge in [0, 0.05) is 69.7 Å². The van der Waals surface area contributed by atoms with Crippen molar-refractivity contribution < 1.29 is 74.4 Å². The molecule has 652 valence electrons. The first kappa shape index (κ1) is 95.3. The van der Waals surface area contributed by atoms with Gasteiger partial charge in [-0.05, 0) is 156 Å². The number of aryl methyl sites for hydroxylation is 1. The van der Waals surface area contributed by atoms with Gasteiger partial charge in [-0.25, -0.2) is 66.3 Å². The maximum atomic E-state index is 13.7. The summed E-state index contributed by atoms with van der Waals surface area (Å²) in [7, 11) is -7.89. The molecule has 0 saturated carbocycles. The Morgan fingerprint density at radius 1 is 0.634 bits per heavy atom. The number of hydrogen-bond acceptors (Lipinski definition) is 25. The third-order valence-electron chi connectivity index (χ3n) is 18.6. The number of alkyl carbamates (subject to hydrolysis) is 1. The Hall–Kier alpha value is -11.5. The topological polar surface area (TPSA) is 405 Å². The summed E-state index contributed by atoms with van der Waals surface area (Å²) in [6.45, 7) is 26.2. The maximum absolute atomic E-state index is 13.7. The monoisotopic (exact) mass is 1820 g/mol. The second-order valence-corrected chi connectivity index (χ2v) is 38.2. The average molecular weight is 1820 g/mol. The zero-order chi connectivity index (χ0) is 89.4. The summed E-state index contributed by atoms with van der Waals surface area (Å²) in [5.74, 6) is -3.48. The number of unbranched alkanes of at least 4 members (excludes halogenated alkanes) is 1. The fraction of sp³-hybridized carbons (Fsp3) is 0.364. The number of carbonyl (C=O) groups is 6. The number of Topliss-reactive ketones (excluding diaryl/α,β-unsaturated/α-hetero) is 1. The van der Waals surface area contributed by atoms with Crippen LogP contribution in [0.25, 0.3) is 42.6 Å². The van der Waals surface area contributed by atoms with Crippen LogP contribution in [0.3, 0.4) is 0 Å². The van der Waals surface area contributed by atoms with Gasteiger partial charge in [-0.15, -0.1) is 23.1 Å². The molecule has 0 aliphatic rings. The number of hydrogen-bond donors (Lipinski definition) is 6. The van der Waals surface area contributed by atoms with Gasteiger partial charge in [0.15, 0.2) is 17.4 Å². The van der Waals surface area contributed by atoms with Gasteiger partial charge in [-0.1, -0.05) is 159 Å².